The summed E-state index contributed by atoms with van der Waals surface area (Å²) in [4.78, 5) is 0. The number of rotatable bonds is 3. The fraction of sp³-hybridized carbons (Fsp3) is 1.00. The Labute approximate surface area is 69.8 Å². The van der Waals surface area contributed by atoms with Crippen LogP contribution in [-0.4, -0.2) is 24.7 Å². The van der Waals surface area contributed by atoms with E-state index in [1.807, 2.05) is 0 Å². The van der Waals surface area contributed by atoms with Crippen LogP contribution < -0.4 is 10.6 Å². The van der Waals surface area contributed by atoms with Crippen LogP contribution in [0.5, 0.6) is 0 Å². The lowest BCUT2D eigenvalue weighted by atomic mass is 10.1. The summed E-state index contributed by atoms with van der Waals surface area (Å²) < 4.78 is 0. The molecule has 2 nitrogen and oxygen atoms in total. The summed E-state index contributed by atoms with van der Waals surface area (Å²) in [7, 11) is 0. The first-order valence-corrected chi connectivity index (χ1v) is 4.73. The molecule has 3 unspecified atom stereocenters. The van der Waals surface area contributed by atoms with Crippen molar-refractivity contribution in [1.29, 1.82) is 0 Å². The molecule has 0 spiro atoms. The second-order valence-corrected chi connectivity index (χ2v) is 3.61. The lowest BCUT2D eigenvalue weighted by Crippen LogP contribution is -2.42. The zero-order valence-corrected chi connectivity index (χ0v) is 7.85. The monoisotopic (exact) mass is 156 g/mol. The molecule has 0 amide bonds. The van der Waals surface area contributed by atoms with Crippen molar-refractivity contribution in [3.8, 4) is 0 Å². The second-order valence-electron chi connectivity index (χ2n) is 3.61. The van der Waals surface area contributed by atoms with E-state index in [1.165, 1.54) is 19.4 Å². The fourth-order valence-electron chi connectivity index (χ4n) is 1.57. The summed E-state index contributed by atoms with van der Waals surface area (Å²) in [5.74, 6) is 0. The van der Waals surface area contributed by atoms with Crippen molar-refractivity contribution in [3.05, 3.63) is 0 Å². The molecule has 1 saturated heterocycles. The van der Waals surface area contributed by atoms with Crippen molar-refractivity contribution < 1.29 is 0 Å². The van der Waals surface area contributed by atoms with Crippen molar-refractivity contribution >= 4 is 0 Å². The average Bonchev–Trinajstić information content (AvgIpc) is 2.37. The predicted octanol–water partition coefficient (Wildman–Crippen LogP) is 1.12. The van der Waals surface area contributed by atoms with E-state index < -0.39 is 0 Å². The van der Waals surface area contributed by atoms with Crippen LogP contribution in [0.25, 0.3) is 0 Å². The Balaban J connectivity index is 2.24. The van der Waals surface area contributed by atoms with Crippen molar-refractivity contribution in [2.24, 2.45) is 0 Å². The van der Waals surface area contributed by atoms with E-state index in [9.17, 15) is 0 Å². The molecule has 1 aliphatic rings. The Morgan fingerprint density at radius 1 is 1.64 bits per heavy atom. The highest BCUT2D eigenvalue weighted by molar-refractivity contribution is 4.86. The van der Waals surface area contributed by atoms with Crippen molar-refractivity contribution in [3.63, 3.8) is 0 Å². The van der Waals surface area contributed by atoms with Gasteiger partial charge in [0.25, 0.3) is 0 Å². The molecule has 1 aliphatic heterocycles. The summed E-state index contributed by atoms with van der Waals surface area (Å²) >= 11 is 0. The molecule has 2 heteroatoms. The van der Waals surface area contributed by atoms with E-state index in [0.717, 1.165) is 0 Å². The predicted molar refractivity (Wildman–Crippen MR) is 48.8 cm³/mol. The molecule has 1 rings (SSSR count). The van der Waals surface area contributed by atoms with Crippen LogP contribution in [0.4, 0.5) is 0 Å². The van der Waals surface area contributed by atoms with E-state index in [4.69, 9.17) is 0 Å². The quantitative estimate of drug-likeness (QED) is 0.640. The molecule has 0 aromatic carbocycles. The molecule has 66 valence electrons. The van der Waals surface area contributed by atoms with E-state index >= 15 is 0 Å². The standard InChI is InChI=1S/C9H20N2/c1-4-7(2)11-9-5-6-10-8(9)3/h7-11H,4-6H2,1-3H3. The molecule has 1 heterocycles. The first-order valence-electron chi connectivity index (χ1n) is 4.73. The van der Waals surface area contributed by atoms with Crippen molar-refractivity contribution in [1.82, 2.24) is 10.6 Å². The largest absolute Gasteiger partial charge is 0.313 e. The lowest BCUT2D eigenvalue weighted by Gasteiger charge is -2.21. The van der Waals surface area contributed by atoms with E-state index in [-0.39, 0.29) is 0 Å². The molecule has 0 radical (unpaired) electrons. The van der Waals surface area contributed by atoms with Crippen LogP contribution >= 0.6 is 0 Å². The minimum absolute atomic E-state index is 0.656. The maximum atomic E-state index is 3.62. The van der Waals surface area contributed by atoms with Gasteiger partial charge in [-0.2, -0.15) is 0 Å². The van der Waals surface area contributed by atoms with Gasteiger partial charge in [0.1, 0.15) is 0 Å². The van der Waals surface area contributed by atoms with Crippen LogP contribution in [-0.2, 0) is 0 Å². The molecular weight excluding hydrogens is 136 g/mol. The zero-order chi connectivity index (χ0) is 8.27. The average molecular weight is 156 g/mol. The highest BCUT2D eigenvalue weighted by atomic mass is 15.1. The molecular formula is C9H20N2. The molecule has 0 aliphatic carbocycles. The third kappa shape index (κ3) is 2.46. The first-order chi connectivity index (χ1) is 5.24. The fourth-order valence-corrected chi connectivity index (χ4v) is 1.57. The third-order valence-electron chi connectivity index (χ3n) is 2.64. The van der Waals surface area contributed by atoms with Gasteiger partial charge in [0.05, 0.1) is 0 Å². The van der Waals surface area contributed by atoms with Gasteiger partial charge < -0.3 is 10.6 Å². The maximum absolute atomic E-state index is 3.62. The number of hydrogen-bond acceptors (Lipinski definition) is 2. The summed E-state index contributed by atoms with van der Waals surface area (Å²) in [5, 5.41) is 7.05. The third-order valence-corrected chi connectivity index (χ3v) is 2.64. The summed E-state index contributed by atoms with van der Waals surface area (Å²) in [6, 6.07) is 2.02. The Morgan fingerprint density at radius 2 is 2.36 bits per heavy atom. The van der Waals surface area contributed by atoms with Gasteiger partial charge in [-0.15, -0.1) is 0 Å². The van der Waals surface area contributed by atoms with E-state index in [0.29, 0.717) is 18.1 Å². The Bertz CT molecular complexity index is 114. The SMILES string of the molecule is CCC(C)NC1CCNC1C. The normalized spacial score (nSPS) is 34.1. The Kier molecular flexibility index (Phi) is 3.34. The van der Waals surface area contributed by atoms with Crippen LogP contribution in [0.1, 0.15) is 33.6 Å². The molecule has 0 aromatic heterocycles. The molecule has 3 atom stereocenters. The smallest absolute Gasteiger partial charge is 0.0233 e. The van der Waals surface area contributed by atoms with Gasteiger partial charge in [-0.05, 0) is 33.2 Å². The van der Waals surface area contributed by atoms with Gasteiger partial charge in [-0.25, -0.2) is 0 Å². The van der Waals surface area contributed by atoms with Crippen molar-refractivity contribution in [2.45, 2.75) is 51.7 Å². The topological polar surface area (TPSA) is 24.1 Å². The summed E-state index contributed by atoms with van der Waals surface area (Å²) in [6.45, 7) is 7.91. The van der Waals surface area contributed by atoms with Gasteiger partial charge in [0.15, 0.2) is 0 Å². The lowest BCUT2D eigenvalue weighted by molar-refractivity contribution is 0.411. The molecule has 11 heavy (non-hydrogen) atoms. The first kappa shape index (κ1) is 9.01. The Hall–Kier alpha value is -0.0800. The highest BCUT2D eigenvalue weighted by Gasteiger charge is 2.22. The van der Waals surface area contributed by atoms with E-state index in [2.05, 4.69) is 31.4 Å². The van der Waals surface area contributed by atoms with Crippen LogP contribution in [0.15, 0.2) is 0 Å². The van der Waals surface area contributed by atoms with Crippen LogP contribution in [0, 0.1) is 0 Å². The molecule has 2 N–H and O–H groups in total. The zero-order valence-electron chi connectivity index (χ0n) is 7.85. The summed E-state index contributed by atoms with van der Waals surface area (Å²) in [5.41, 5.74) is 0. The summed E-state index contributed by atoms with van der Waals surface area (Å²) in [6.07, 6.45) is 2.51. The van der Waals surface area contributed by atoms with Crippen LogP contribution in [0.2, 0.25) is 0 Å². The molecule has 0 saturated carbocycles. The van der Waals surface area contributed by atoms with Gasteiger partial charge >= 0.3 is 0 Å². The molecule has 1 fully saturated rings. The minimum atomic E-state index is 0.656. The molecule has 0 aromatic rings. The van der Waals surface area contributed by atoms with E-state index in [1.54, 1.807) is 0 Å². The highest BCUT2D eigenvalue weighted by Crippen LogP contribution is 2.07. The minimum Gasteiger partial charge on any atom is -0.313 e. The maximum Gasteiger partial charge on any atom is 0.0233 e. The molecule has 0 bridgehead atoms. The van der Waals surface area contributed by atoms with Gasteiger partial charge in [-0.1, -0.05) is 6.92 Å². The van der Waals surface area contributed by atoms with Gasteiger partial charge in [0.2, 0.25) is 0 Å². The van der Waals surface area contributed by atoms with Gasteiger partial charge in [0, 0.05) is 18.1 Å². The number of nitrogens with one attached hydrogen (secondary N) is 2. The second kappa shape index (κ2) is 4.07. The van der Waals surface area contributed by atoms with Crippen molar-refractivity contribution in [2.75, 3.05) is 6.54 Å². The Morgan fingerprint density at radius 3 is 2.82 bits per heavy atom. The van der Waals surface area contributed by atoms with Gasteiger partial charge in [-0.3, -0.25) is 0 Å². The number of hydrogen-bond donors (Lipinski definition) is 2. The van der Waals surface area contributed by atoms with Crippen LogP contribution in [0.3, 0.4) is 0 Å².